The molecule has 0 saturated heterocycles. The smallest absolute Gasteiger partial charge is 0.339 e. The molecule has 2 aromatic carbocycles. The van der Waals surface area contributed by atoms with E-state index in [2.05, 4.69) is 5.32 Å². The van der Waals surface area contributed by atoms with Crippen LogP contribution >= 0.6 is 0 Å². The largest absolute Gasteiger partial charge is 0.496 e. The number of rotatable bonds is 4. The van der Waals surface area contributed by atoms with Gasteiger partial charge in [-0.2, -0.15) is 0 Å². The number of methoxy groups -OCH3 is 1. The average Bonchev–Trinajstić information content (AvgIpc) is 2.59. The first-order valence-electron chi connectivity index (χ1n) is 7.37. The highest BCUT2D eigenvalue weighted by Crippen LogP contribution is 2.21. The van der Waals surface area contributed by atoms with Crippen LogP contribution in [0.2, 0.25) is 0 Å². The normalized spacial score (nSPS) is 16.2. The van der Waals surface area contributed by atoms with Crippen LogP contribution in [0.5, 0.6) is 5.75 Å². The summed E-state index contributed by atoms with van der Waals surface area (Å²) in [6, 6.07) is 14.6. The second-order valence-electron chi connectivity index (χ2n) is 5.28. The second kappa shape index (κ2) is 6.52. The van der Waals surface area contributed by atoms with Crippen LogP contribution in [-0.2, 0) is 22.5 Å². The van der Waals surface area contributed by atoms with Gasteiger partial charge in [0.2, 0.25) is 0 Å². The van der Waals surface area contributed by atoms with Crippen LogP contribution < -0.4 is 10.1 Å². The molecule has 5 heteroatoms. The Morgan fingerprint density at radius 3 is 2.78 bits per heavy atom. The van der Waals surface area contributed by atoms with E-state index in [1.165, 1.54) is 0 Å². The van der Waals surface area contributed by atoms with Crippen molar-refractivity contribution >= 4 is 11.9 Å². The van der Waals surface area contributed by atoms with Crippen molar-refractivity contribution in [1.82, 2.24) is 5.32 Å². The number of hydrogen-bond acceptors (Lipinski definition) is 4. The first-order chi connectivity index (χ1) is 11.2. The lowest BCUT2D eigenvalue weighted by Crippen LogP contribution is -2.41. The van der Waals surface area contributed by atoms with E-state index in [4.69, 9.17) is 9.47 Å². The van der Waals surface area contributed by atoms with Crippen LogP contribution in [0.3, 0.4) is 0 Å². The van der Waals surface area contributed by atoms with Gasteiger partial charge in [0.05, 0.1) is 12.7 Å². The molecular weight excluding hydrogens is 294 g/mol. The molecule has 0 unspecified atom stereocenters. The molecule has 1 aliphatic rings. The fourth-order valence-electron chi connectivity index (χ4n) is 2.62. The number of carbonyl (C=O) groups excluding carboxylic acids is 2. The maximum absolute atomic E-state index is 12.3. The molecule has 1 aliphatic heterocycles. The molecule has 0 aromatic heterocycles. The molecule has 0 bridgehead atoms. The molecule has 2 aromatic rings. The van der Waals surface area contributed by atoms with Crippen LogP contribution in [-0.4, -0.2) is 25.1 Å². The third-order valence-corrected chi connectivity index (χ3v) is 3.83. The minimum absolute atomic E-state index is 0.307. The molecule has 1 amide bonds. The molecule has 0 spiro atoms. The van der Waals surface area contributed by atoms with Crippen molar-refractivity contribution in [3.05, 3.63) is 65.2 Å². The number of hydrogen-bond donors (Lipinski definition) is 1. The van der Waals surface area contributed by atoms with Gasteiger partial charge in [-0.3, -0.25) is 4.79 Å². The van der Waals surface area contributed by atoms with Gasteiger partial charge in [0.25, 0.3) is 5.91 Å². The number of amides is 1. The van der Waals surface area contributed by atoms with Crippen molar-refractivity contribution in [2.45, 2.75) is 19.1 Å². The summed E-state index contributed by atoms with van der Waals surface area (Å²) < 4.78 is 10.5. The summed E-state index contributed by atoms with van der Waals surface area (Å²) in [6.07, 6.45) is -0.410. The molecule has 118 valence electrons. The summed E-state index contributed by atoms with van der Waals surface area (Å²) in [4.78, 5) is 24.3. The quantitative estimate of drug-likeness (QED) is 0.878. The number of fused-ring (bicyclic) bond motifs is 1. The lowest BCUT2D eigenvalue weighted by atomic mass is 9.98. The highest BCUT2D eigenvalue weighted by Gasteiger charge is 2.30. The Morgan fingerprint density at radius 2 is 1.96 bits per heavy atom. The van der Waals surface area contributed by atoms with Crippen LogP contribution in [0.15, 0.2) is 48.5 Å². The van der Waals surface area contributed by atoms with Gasteiger partial charge in [-0.1, -0.05) is 36.4 Å². The van der Waals surface area contributed by atoms with E-state index in [0.29, 0.717) is 24.3 Å². The minimum atomic E-state index is -0.799. The number of cyclic esters (lactones) is 1. The summed E-state index contributed by atoms with van der Waals surface area (Å²) in [5.74, 6) is -0.0539. The molecule has 0 fully saturated rings. The molecule has 0 radical (unpaired) electrons. The Labute approximate surface area is 134 Å². The summed E-state index contributed by atoms with van der Waals surface area (Å²) in [7, 11) is 1.58. The van der Waals surface area contributed by atoms with E-state index in [1.54, 1.807) is 19.2 Å². The standard InChI is InChI=1S/C18H17NO4/c1-22-15-9-5-3-7-13(15)11-19-17(20)16-10-12-6-2-4-8-14(12)18(21)23-16/h2-9,16H,10-11H2,1H3,(H,19,20)/t16-/m1/s1. The molecule has 0 aliphatic carbocycles. The highest BCUT2D eigenvalue weighted by atomic mass is 16.5. The van der Waals surface area contributed by atoms with Crippen molar-refractivity contribution in [2.24, 2.45) is 0 Å². The first kappa shape index (κ1) is 15.1. The maximum Gasteiger partial charge on any atom is 0.339 e. The lowest BCUT2D eigenvalue weighted by molar-refractivity contribution is -0.130. The van der Waals surface area contributed by atoms with Crippen molar-refractivity contribution in [3.63, 3.8) is 0 Å². The van der Waals surface area contributed by atoms with Gasteiger partial charge >= 0.3 is 5.97 Å². The molecule has 1 atom stereocenters. The van der Waals surface area contributed by atoms with Crippen LogP contribution in [0.25, 0.3) is 0 Å². The Kier molecular flexibility index (Phi) is 4.28. The number of benzene rings is 2. The zero-order valence-corrected chi connectivity index (χ0v) is 12.7. The molecule has 0 saturated carbocycles. The summed E-state index contributed by atoms with van der Waals surface area (Å²) in [5, 5.41) is 2.80. The van der Waals surface area contributed by atoms with Crippen LogP contribution in [0, 0.1) is 0 Å². The number of ether oxygens (including phenoxy) is 2. The Morgan fingerprint density at radius 1 is 1.22 bits per heavy atom. The lowest BCUT2D eigenvalue weighted by Gasteiger charge is -2.23. The summed E-state index contributed by atoms with van der Waals surface area (Å²) >= 11 is 0. The predicted molar refractivity (Wildman–Crippen MR) is 84.2 cm³/mol. The SMILES string of the molecule is COc1ccccc1CNC(=O)[C@H]1Cc2ccccc2C(=O)O1. The third kappa shape index (κ3) is 3.18. The van der Waals surface area contributed by atoms with Gasteiger partial charge in [-0.25, -0.2) is 4.79 Å². The van der Waals surface area contributed by atoms with Crippen molar-refractivity contribution in [1.29, 1.82) is 0 Å². The zero-order valence-electron chi connectivity index (χ0n) is 12.7. The third-order valence-electron chi connectivity index (χ3n) is 3.83. The summed E-state index contributed by atoms with van der Waals surface area (Å²) in [6.45, 7) is 0.318. The molecule has 1 N–H and O–H groups in total. The van der Waals surface area contributed by atoms with E-state index in [-0.39, 0.29) is 5.91 Å². The number of esters is 1. The second-order valence-corrected chi connectivity index (χ2v) is 5.28. The Balaban J connectivity index is 1.67. The van der Waals surface area contributed by atoms with E-state index in [9.17, 15) is 9.59 Å². The molecule has 23 heavy (non-hydrogen) atoms. The Hall–Kier alpha value is -2.82. The van der Waals surface area contributed by atoms with Gasteiger partial charge in [0, 0.05) is 18.5 Å². The van der Waals surface area contributed by atoms with E-state index < -0.39 is 12.1 Å². The van der Waals surface area contributed by atoms with Crippen molar-refractivity contribution < 1.29 is 19.1 Å². The van der Waals surface area contributed by atoms with Gasteiger partial charge in [-0.05, 0) is 17.7 Å². The van der Waals surface area contributed by atoms with Crippen LogP contribution in [0.4, 0.5) is 0 Å². The van der Waals surface area contributed by atoms with Gasteiger partial charge in [0.1, 0.15) is 5.75 Å². The molecular formula is C18H17NO4. The molecule has 5 nitrogen and oxygen atoms in total. The number of para-hydroxylation sites is 1. The average molecular weight is 311 g/mol. The van der Waals surface area contributed by atoms with E-state index in [0.717, 1.165) is 11.1 Å². The fourth-order valence-corrected chi connectivity index (χ4v) is 2.62. The van der Waals surface area contributed by atoms with Crippen molar-refractivity contribution in [2.75, 3.05) is 7.11 Å². The molecule has 1 heterocycles. The van der Waals surface area contributed by atoms with E-state index in [1.807, 2.05) is 36.4 Å². The van der Waals surface area contributed by atoms with Gasteiger partial charge in [-0.15, -0.1) is 0 Å². The zero-order chi connectivity index (χ0) is 16.2. The Bertz CT molecular complexity index is 741. The van der Waals surface area contributed by atoms with Crippen molar-refractivity contribution in [3.8, 4) is 5.75 Å². The topological polar surface area (TPSA) is 64.6 Å². The van der Waals surface area contributed by atoms with Gasteiger partial charge in [0.15, 0.2) is 6.10 Å². The van der Waals surface area contributed by atoms with E-state index >= 15 is 0 Å². The molecule has 3 rings (SSSR count). The minimum Gasteiger partial charge on any atom is -0.496 e. The predicted octanol–water partition coefficient (Wildman–Crippen LogP) is 2.09. The number of nitrogens with one attached hydrogen (secondary N) is 1. The first-order valence-corrected chi connectivity index (χ1v) is 7.37. The van der Waals surface area contributed by atoms with Crippen LogP contribution in [0.1, 0.15) is 21.5 Å². The summed E-state index contributed by atoms with van der Waals surface area (Å²) in [5.41, 5.74) is 2.23. The highest BCUT2D eigenvalue weighted by molar-refractivity contribution is 5.95. The fraction of sp³-hybridized carbons (Fsp3) is 0.222. The number of carbonyl (C=O) groups is 2. The monoisotopic (exact) mass is 311 g/mol. The van der Waals surface area contributed by atoms with Gasteiger partial charge < -0.3 is 14.8 Å². The maximum atomic E-state index is 12.3.